The highest BCUT2D eigenvalue weighted by atomic mass is 16.5. The van der Waals surface area contributed by atoms with E-state index in [1.807, 2.05) is 6.07 Å². The molecule has 1 aromatic carbocycles. The highest BCUT2D eigenvalue weighted by molar-refractivity contribution is 6.04. The predicted octanol–water partition coefficient (Wildman–Crippen LogP) is 0.545. The van der Waals surface area contributed by atoms with Crippen molar-refractivity contribution >= 4 is 29.5 Å². The molecule has 0 spiro atoms. The van der Waals surface area contributed by atoms with Crippen molar-refractivity contribution in [3.8, 4) is 0 Å². The molecule has 0 aromatic heterocycles. The molecule has 4 amide bonds. The lowest BCUT2D eigenvalue weighted by molar-refractivity contribution is -0.153. The lowest BCUT2D eigenvalue weighted by Crippen LogP contribution is -2.32. The molecule has 2 atom stereocenters. The van der Waals surface area contributed by atoms with Crippen LogP contribution in [-0.2, 0) is 19.1 Å². The number of hydrogen-bond donors (Lipinski definition) is 3. The van der Waals surface area contributed by atoms with Crippen LogP contribution < -0.4 is 16.0 Å². The first-order chi connectivity index (χ1) is 11.0. The number of imide groups is 1. The summed E-state index contributed by atoms with van der Waals surface area (Å²) in [4.78, 5) is 45.9. The number of nitrogens with one attached hydrogen (secondary N) is 3. The fourth-order valence-electron chi connectivity index (χ4n) is 2.00. The Bertz CT molecular complexity index is 617. The van der Waals surface area contributed by atoms with Crippen molar-refractivity contribution in [2.75, 3.05) is 5.32 Å². The standard InChI is InChI=1S/C15H17N3O5/c1-9(13(20)16-10-5-3-2-4-6-10)23-12(19)8-7-11-14(21)18-15(22)17-11/h2-6,9,11H,7-8H2,1H3,(H,16,20)(H2,17,18,21,22)/t9-,11+/m0/s1. The van der Waals surface area contributed by atoms with Crippen LogP contribution in [0.1, 0.15) is 19.8 Å². The first-order valence-electron chi connectivity index (χ1n) is 7.12. The average Bonchev–Trinajstić information content (AvgIpc) is 2.84. The largest absolute Gasteiger partial charge is 0.453 e. The second kappa shape index (κ2) is 7.39. The van der Waals surface area contributed by atoms with Gasteiger partial charge in [0.15, 0.2) is 6.10 Å². The highest BCUT2D eigenvalue weighted by Crippen LogP contribution is 2.08. The van der Waals surface area contributed by atoms with Crippen molar-refractivity contribution < 1.29 is 23.9 Å². The summed E-state index contributed by atoms with van der Waals surface area (Å²) in [5.41, 5.74) is 0.603. The van der Waals surface area contributed by atoms with Gasteiger partial charge in [-0.3, -0.25) is 19.7 Å². The maximum Gasteiger partial charge on any atom is 0.322 e. The molecule has 122 valence electrons. The predicted molar refractivity (Wildman–Crippen MR) is 80.3 cm³/mol. The lowest BCUT2D eigenvalue weighted by Gasteiger charge is -2.14. The van der Waals surface area contributed by atoms with E-state index in [0.717, 1.165) is 0 Å². The number of rotatable bonds is 6. The van der Waals surface area contributed by atoms with Crippen LogP contribution in [0.5, 0.6) is 0 Å². The van der Waals surface area contributed by atoms with Crippen LogP contribution in [0, 0.1) is 0 Å². The Morgan fingerprint density at radius 3 is 2.57 bits per heavy atom. The van der Waals surface area contributed by atoms with Crippen LogP contribution in [-0.4, -0.2) is 36.0 Å². The molecule has 1 fully saturated rings. The Kier molecular flexibility index (Phi) is 5.29. The number of carbonyl (C=O) groups excluding carboxylic acids is 4. The maximum absolute atomic E-state index is 11.9. The fraction of sp³-hybridized carbons (Fsp3) is 0.333. The minimum Gasteiger partial charge on any atom is -0.453 e. The quantitative estimate of drug-likeness (QED) is 0.523. The molecule has 0 unspecified atom stereocenters. The first-order valence-corrected chi connectivity index (χ1v) is 7.12. The molecule has 8 nitrogen and oxygen atoms in total. The molecule has 3 N–H and O–H groups in total. The van der Waals surface area contributed by atoms with Crippen molar-refractivity contribution in [1.82, 2.24) is 10.6 Å². The van der Waals surface area contributed by atoms with Gasteiger partial charge in [0.25, 0.3) is 11.8 Å². The van der Waals surface area contributed by atoms with Crippen LogP contribution in [0.3, 0.4) is 0 Å². The Morgan fingerprint density at radius 2 is 1.96 bits per heavy atom. The van der Waals surface area contributed by atoms with Crippen molar-refractivity contribution in [3.63, 3.8) is 0 Å². The van der Waals surface area contributed by atoms with Crippen LogP contribution >= 0.6 is 0 Å². The SMILES string of the molecule is C[C@H](OC(=O)CC[C@H]1NC(=O)NC1=O)C(=O)Nc1ccccc1. The number of ether oxygens (including phenoxy) is 1. The number of amides is 4. The first kappa shape index (κ1) is 16.5. The van der Waals surface area contributed by atoms with Crippen LogP contribution in [0.2, 0.25) is 0 Å². The normalized spacial score (nSPS) is 17.9. The van der Waals surface area contributed by atoms with Crippen molar-refractivity contribution in [2.45, 2.75) is 31.9 Å². The third kappa shape index (κ3) is 4.80. The van der Waals surface area contributed by atoms with Gasteiger partial charge in [0, 0.05) is 12.1 Å². The summed E-state index contributed by atoms with van der Waals surface area (Å²) in [5.74, 6) is -1.54. The second-order valence-corrected chi connectivity index (χ2v) is 5.04. The Labute approximate surface area is 132 Å². The third-order valence-electron chi connectivity index (χ3n) is 3.21. The van der Waals surface area contributed by atoms with E-state index in [4.69, 9.17) is 4.74 Å². The van der Waals surface area contributed by atoms with Gasteiger partial charge in [0.1, 0.15) is 6.04 Å². The Balaban J connectivity index is 1.75. The summed E-state index contributed by atoms with van der Waals surface area (Å²) >= 11 is 0. The average molecular weight is 319 g/mol. The van der Waals surface area contributed by atoms with E-state index >= 15 is 0 Å². The number of hydrogen-bond acceptors (Lipinski definition) is 5. The monoisotopic (exact) mass is 319 g/mol. The van der Waals surface area contributed by atoms with Gasteiger partial charge in [0.05, 0.1) is 0 Å². The topological polar surface area (TPSA) is 114 Å². The number of benzene rings is 1. The van der Waals surface area contributed by atoms with Crippen LogP contribution in [0.15, 0.2) is 30.3 Å². The number of urea groups is 1. The van der Waals surface area contributed by atoms with E-state index in [0.29, 0.717) is 5.69 Å². The molecule has 1 saturated heterocycles. The van der Waals surface area contributed by atoms with E-state index in [1.54, 1.807) is 24.3 Å². The zero-order chi connectivity index (χ0) is 16.8. The van der Waals surface area contributed by atoms with Crippen molar-refractivity contribution in [3.05, 3.63) is 30.3 Å². The van der Waals surface area contributed by atoms with Crippen molar-refractivity contribution in [1.29, 1.82) is 0 Å². The van der Waals surface area contributed by atoms with Gasteiger partial charge in [-0.2, -0.15) is 0 Å². The fourth-order valence-corrected chi connectivity index (χ4v) is 2.00. The summed E-state index contributed by atoms with van der Waals surface area (Å²) in [6.07, 6.45) is -0.931. The molecule has 1 heterocycles. The number of esters is 1. The molecule has 1 aliphatic rings. The highest BCUT2D eigenvalue weighted by Gasteiger charge is 2.30. The number of anilines is 1. The smallest absolute Gasteiger partial charge is 0.322 e. The van der Waals surface area contributed by atoms with E-state index in [9.17, 15) is 19.2 Å². The molecular weight excluding hydrogens is 302 g/mol. The molecule has 0 saturated carbocycles. The Morgan fingerprint density at radius 1 is 1.26 bits per heavy atom. The molecule has 2 rings (SSSR count). The Hall–Kier alpha value is -2.90. The minimum atomic E-state index is -0.963. The summed E-state index contributed by atoms with van der Waals surface area (Å²) in [6.45, 7) is 1.46. The van der Waals surface area contributed by atoms with Crippen molar-refractivity contribution in [2.24, 2.45) is 0 Å². The number of carbonyl (C=O) groups is 4. The summed E-state index contributed by atoms with van der Waals surface area (Å²) < 4.78 is 5.01. The molecule has 0 aliphatic carbocycles. The molecule has 1 aliphatic heterocycles. The van der Waals surface area contributed by atoms with Crippen LogP contribution in [0.4, 0.5) is 10.5 Å². The third-order valence-corrected chi connectivity index (χ3v) is 3.21. The summed E-state index contributed by atoms with van der Waals surface area (Å²) in [5, 5.41) is 7.07. The van der Waals surface area contributed by atoms with Gasteiger partial charge in [-0.05, 0) is 25.5 Å². The molecular formula is C15H17N3O5. The molecule has 23 heavy (non-hydrogen) atoms. The van der Waals surface area contributed by atoms with Gasteiger partial charge in [-0.25, -0.2) is 4.79 Å². The zero-order valence-electron chi connectivity index (χ0n) is 12.5. The molecule has 8 heteroatoms. The molecule has 0 bridgehead atoms. The molecule has 0 radical (unpaired) electrons. The van der Waals surface area contributed by atoms with Gasteiger partial charge in [-0.15, -0.1) is 0 Å². The summed E-state index contributed by atoms with van der Waals surface area (Å²) in [7, 11) is 0. The van der Waals surface area contributed by atoms with Gasteiger partial charge in [-0.1, -0.05) is 18.2 Å². The van der Waals surface area contributed by atoms with E-state index in [1.165, 1.54) is 6.92 Å². The van der Waals surface area contributed by atoms with Gasteiger partial charge >= 0.3 is 12.0 Å². The van der Waals surface area contributed by atoms with E-state index in [-0.39, 0.29) is 12.8 Å². The van der Waals surface area contributed by atoms with Crippen LogP contribution in [0.25, 0.3) is 0 Å². The molecule has 1 aromatic rings. The summed E-state index contributed by atoms with van der Waals surface area (Å²) in [6, 6.07) is 7.46. The number of para-hydroxylation sites is 1. The maximum atomic E-state index is 11.9. The lowest BCUT2D eigenvalue weighted by atomic mass is 10.1. The zero-order valence-corrected chi connectivity index (χ0v) is 12.5. The van der Waals surface area contributed by atoms with Gasteiger partial charge < -0.3 is 15.4 Å². The van der Waals surface area contributed by atoms with E-state index < -0.39 is 36.0 Å². The van der Waals surface area contributed by atoms with Gasteiger partial charge in [0.2, 0.25) is 0 Å². The van der Waals surface area contributed by atoms with E-state index in [2.05, 4.69) is 16.0 Å². The second-order valence-electron chi connectivity index (χ2n) is 5.04. The minimum absolute atomic E-state index is 0.0820.